The first kappa shape index (κ1) is 9.37. The number of carbonyl (C=O) groups excluding carboxylic acids is 1. The van der Waals surface area contributed by atoms with Crippen LogP contribution in [0.4, 0.5) is 0 Å². The first-order chi connectivity index (χ1) is 6.65. The second-order valence-corrected chi connectivity index (χ2v) is 4.57. The van der Waals surface area contributed by atoms with Gasteiger partial charge in [-0.2, -0.15) is 0 Å². The molecule has 74 valence electrons. The number of β-lactam (4-membered cyclic amide) rings is 1. The van der Waals surface area contributed by atoms with E-state index in [4.69, 9.17) is 5.11 Å². The summed E-state index contributed by atoms with van der Waals surface area (Å²) in [6.45, 7) is 3.42. The van der Waals surface area contributed by atoms with Gasteiger partial charge in [-0.1, -0.05) is 6.58 Å². The van der Waals surface area contributed by atoms with Crippen LogP contribution in [0.25, 0.3) is 0 Å². The SMILES string of the molecule is C=C=CC1S[C@@H]2CC(=O)N2C1C(=O)O. The smallest absolute Gasteiger partial charge is 0.327 e. The zero-order valence-electron chi connectivity index (χ0n) is 7.34. The standard InChI is InChI=1S/C9H9NO3S/c1-2-3-5-8(9(12)13)10-6(11)4-7(10)14-5/h3,5,7-8H,1,4H2,(H,12,13)/t5?,7-,8?/m1/s1. The van der Waals surface area contributed by atoms with Crippen molar-refractivity contribution in [1.29, 1.82) is 0 Å². The number of nitrogens with zero attached hydrogens (tertiary/aromatic N) is 1. The van der Waals surface area contributed by atoms with Gasteiger partial charge in [-0.25, -0.2) is 4.79 Å². The third kappa shape index (κ3) is 1.17. The van der Waals surface area contributed by atoms with Crippen molar-refractivity contribution < 1.29 is 14.7 Å². The Morgan fingerprint density at radius 2 is 2.50 bits per heavy atom. The summed E-state index contributed by atoms with van der Waals surface area (Å²) < 4.78 is 0. The first-order valence-corrected chi connectivity index (χ1v) is 5.15. The fourth-order valence-corrected chi connectivity index (χ4v) is 3.32. The number of carbonyl (C=O) groups is 2. The average molecular weight is 211 g/mol. The van der Waals surface area contributed by atoms with Gasteiger partial charge in [0.05, 0.1) is 17.0 Å². The number of carboxylic acids is 1. The van der Waals surface area contributed by atoms with Gasteiger partial charge in [0.1, 0.15) is 6.04 Å². The summed E-state index contributed by atoms with van der Waals surface area (Å²) >= 11 is 1.49. The van der Waals surface area contributed by atoms with Gasteiger partial charge in [0, 0.05) is 0 Å². The first-order valence-electron chi connectivity index (χ1n) is 4.20. The molecule has 2 saturated heterocycles. The van der Waals surface area contributed by atoms with Gasteiger partial charge in [-0.05, 0) is 6.08 Å². The summed E-state index contributed by atoms with van der Waals surface area (Å²) in [5, 5.41) is 8.81. The molecule has 2 heterocycles. The van der Waals surface area contributed by atoms with E-state index in [1.807, 2.05) is 0 Å². The molecule has 14 heavy (non-hydrogen) atoms. The minimum Gasteiger partial charge on any atom is -0.480 e. The van der Waals surface area contributed by atoms with Crippen LogP contribution in [0.2, 0.25) is 0 Å². The monoisotopic (exact) mass is 211 g/mol. The topological polar surface area (TPSA) is 57.6 Å². The van der Waals surface area contributed by atoms with Crippen molar-refractivity contribution in [1.82, 2.24) is 4.90 Å². The average Bonchev–Trinajstić information content (AvgIpc) is 2.39. The van der Waals surface area contributed by atoms with Crippen molar-refractivity contribution in [3.8, 4) is 0 Å². The molecule has 0 bridgehead atoms. The molecule has 2 rings (SSSR count). The molecule has 2 fully saturated rings. The maximum atomic E-state index is 11.2. The summed E-state index contributed by atoms with van der Waals surface area (Å²) in [7, 11) is 0. The van der Waals surface area contributed by atoms with Crippen LogP contribution in [0.15, 0.2) is 18.4 Å². The van der Waals surface area contributed by atoms with Gasteiger partial charge < -0.3 is 10.0 Å². The van der Waals surface area contributed by atoms with Gasteiger partial charge in [0.25, 0.3) is 0 Å². The van der Waals surface area contributed by atoms with Crippen molar-refractivity contribution in [3.63, 3.8) is 0 Å². The molecule has 0 aromatic rings. The van der Waals surface area contributed by atoms with Crippen molar-refractivity contribution >= 4 is 23.6 Å². The van der Waals surface area contributed by atoms with E-state index in [0.717, 1.165) is 0 Å². The largest absolute Gasteiger partial charge is 0.480 e. The third-order valence-corrected chi connectivity index (χ3v) is 3.82. The van der Waals surface area contributed by atoms with E-state index in [1.54, 1.807) is 6.08 Å². The molecule has 2 aliphatic heterocycles. The Hall–Kier alpha value is -1.19. The molecule has 0 aliphatic carbocycles. The highest BCUT2D eigenvalue weighted by Crippen LogP contribution is 2.44. The molecule has 0 saturated carbocycles. The number of carboxylic acid groups (broad SMARTS) is 1. The third-order valence-electron chi connectivity index (χ3n) is 2.41. The fourth-order valence-electron chi connectivity index (χ4n) is 1.77. The molecule has 2 aliphatic rings. The Bertz CT molecular complexity index is 348. The maximum absolute atomic E-state index is 11.2. The Morgan fingerprint density at radius 3 is 3.00 bits per heavy atom. The highest BCUT2D eigenvalue weighted by atomic mass is 32.2. The van der Waals surface area contributed by atoms with E-state index in [2.05, 4.69) is 12.3 Å². The maximum Gasteiger partial charge on any atom is 0.327 e. The molecule has 3 atom stereocenters. The normalized spacial score (nSPS) is 34.4. The van der Waals surface area contributed by atoms with Gasteiger partial charge in [0.15, 0.2) is 0 Å². The molecule has 5 heteroatoms. The molecule has 1 amide bonds. The van der Waals surface area contributed by atoms with Crippen LogP contribution in [-0.2, 0) is 9.59 Å². The Morgan fingerprint density at radius 1 is 1.79 bits per heavy atom. The van der Waals surface area contributed by atoms with E-state index in [9.17, 15) is 9.59 Å². The predicted molar refractivity (Wildman–Crippen MR) is 51.8 cm³/mol. The molecule has 0 radical (unpaired) electrons. The lowest BCUT2D eigenvalue weighted by molar-refractivity contribution is -0.155. The van der Waals surface area contributed by atoms with Crippen LogP contribution < -0.4 is 0 Å². The lowest BCUT2D eigenvalue weighted by Crippen LogP contribution is -2.55. The van der Waals surface area contributed by atoms with E-state index in [-0.39, 0.29) is 16.5 Å². The quantitative estimate of drug-likeness (QED) is 0.532. The number of aliphatic carboxylic acids is 1. The second-order valence-electron chi connectivity index (χ2n) is 3.21. The van der Waals surface area contributed by atoms with E-state index < -0.39 is 12.0 Å². The molecule has 0 spiro atoms. The van der Waals surface area contributed by atoms with Crippen molar-refractivity contribution in [2.45, 2.75) is 23.1 Å². The number of amides is 1. The lowest BCUT2D eigenvalue weighted by Gasteiger charge is -2.35. The second kappa shape index (κ2) is 3.19. The van der Waals surface area contributed by atoms with Gasteiger partial charge >= 0.3 is 5.97 Å². The molecular formula is C9H9NO3S. The summed E-state index contributed by atoms with van der Waals surface area (Å²) in [4.78, 5) is 23.6. The van der Waals surface area contributed by atoms with Crippen LogP contribution in [0.5, 0.6) is 0 Å². The van der Waals surface area contributed by atoms with Gasteiger partial charge in [-0.3, -0.25) is 4.79 Å². The highest BCUT2D eigenvalue weighted by Gasteiger charge is 2.53. The number of hydrogen-bond donors (Lipinski definition) is 1. The number of rotatable bonds is 2. The van der Waals surface area contributed by atoms with Crippen molar-refractivity contribution in [2.24, 2.45) is 0 Å². The highest BCUT2D eigenvalue weighted by molar-refractivity contribution is 8.01. The van der Waals surface area contributed by atoms with Gasteiger partial charge in [0.2, 0.25) is 5.91 Å². The fraction of sp³-hybridized carbons (Fsp3) is 0.444. The number of thioether (sulfide) groups is 1. The summed E-state index contributed by atoms with van der Waals surface area (Å²) in [5.74, 6) is -1.03. The van der Waals surface area contributed by atoms with E-state index >= 15 is 0 Å². The zero-order valence-corrected chi connectivity index (χ0v) is 8.16. The van der Waals surface area contributed by atoms with Crippen LogP contribution in [-0.4, -0.2) is 38.5 Å². The van der Waals surface area contributed by atoms with Crippen LogP contribution in [0.3, 0.4) is 0 Å². The van der Waals surface area contributed by atoms with Crippen LogP contribution in [0, 0.1) is 0 Å². The zero-order chi connectivity index (χ0) is 10.3. The molecular weight excluding hydrogens is 202 g/mol. The van der Waals surface area contributed by atoms with Crippen molar-refractivity contribution in [3.05, 3.63) is 18.4 Å². The van der Waals surface area contributed by atoms with Crippen molar-refractivity contribution in [2.75, 3.05) is 0 Å². The molecule has 2 unspecified atom stereocenters. The van der Waals surface area contributed by atoms with Gasteiger partial charge in [-0.15, -0.1) is 17.5 Å². The van der Waals surface area contributed by atoms with Crippen LogP contribution in [0.1, 0.15) is 6.42 Å². The number of hydrogen-bond acceptors (Lipinski definition) is 3. The Labute approximate surface area is 85.3 Å². The molecule has 1 N–H and O–H groups in total. The molecule has 0 aromatic carbocycles. The Kier molecular flexibility index (Phi) is 2.13. The predicted octanol–water partition coefficient (Wildman–Crippen LogP) is 0.454. The summed E-state index contributed by atoms with van der Waals surface area (Å²) in [6, 6.07) is -0.736. The molecule has 4 nitrogen and oxygen atoms in total. The lowest BCUT2D eigenvalue weighted by atomic mass is 10.1. The van der Waals surface area contributed by atoms with E-state index in [0.29, 0.717) is 6.42 Å². The molecule has 0 aromatic heterocycles. The van der Waals surface area contributed by atoms with Crippen LogP contribution >= 0.6 is 11.8 Å². The minimum absolute atomic E-state index is 0.0400. The minimum atomic E-state index is -0.954. The summed E-state index contributed by atoms with van der Waals surface area (Å²) in [6.07, 6.45) is 2.07. The summed E-state index contributed by atoms with van der Waals surface area (Å²) in [5.41, 5.74) is 2.58. The van der Waals surface area contributed by atoms with E-state index in [1.165, 1.54) is 16.7 Å². The Balaban J connectivity index is 2.25. The number of fused-ring (bicyclic) bond motifs is 1.